The molecular formula is C15H21N3. The molecule has 0 radical (unpaired) electrons. The van der Waals surface area contributed by atoms with E-state index in [-0.39, 0.29) is 5.54 Å². The predicted octanol–water partition coefficient (Wildman–Crippen LogP) is 3.16. The van der Waals surface area contributed by atoms with Crippen molar-refractivity contribution in [3.05, 3.63) is 36.5 Å². The summed E-state index contributed by atoms with van der Waals surface area (Å²) >= 11 is 0. The van der Waals surface area contributed by atoms with Crippen molar-refractivity contribution in [1.82, 2.24) is 4.98 Å². The standard InChI is InChI=1S/C15H21N3/c1-3-15(4-2,11-16)18-14-13-8-6-5-7-12(13)9-10-17-14/h5-10H,3-4,11,16H2,1-2H3,(H,17,18). The molecule has 3 heteroatoms. The lowest BCUT2D eigenvalue weighted by molar-refractivity contribution is 0.444. The van der Waals surface area contributed by atoms with Crippen LogP contribution in [0.1, 0.15) is 26.7 Å². The fourth-order valence-electron chi connectivity index (χ4n) is 2.24. The van der Waals surface area contributed by atoms with Crippen LogP contribution in [0.15, 0.2) is 36.5 Å². The first-order valence-corrected chi connectivity index (χ1v) is 6.56. The maximum Gasteiger partial charge on any atom is 0.134 e. The summed E-state index contributed by atoms with van der Waals surface area (Å²) in [6.45, 7) is 4.94. The Bertz CT molecular complexity index is 504. The van der Waals surface area contributed by atoms with Crippen LogP contribution >= 0.6 is 0 Å². The topological polar surface area (TPSA) is 50.9 Å². The van der Waals surface area contributed by atoms with Crippen LogP contribution in [0.3, 0.4) is 0 Å². The van der Waals surface area contributed by atoms with Crippen LogP contribution in [-0.2, 0) is 0 Å². The Hall–Kier alpha value is -1.61. The number of pyridine rings is 1. The molecule has 0 atom stereocenters. The number of hydrogen-bond donors (Lipinski definition) is 2. The van der Waals surface area contributed by atoms with E-state index in [0.29, 0.717) is 6.54 Å². The number of hydrogen-bond acceptors (Lipinski definition) is 3. The second-order valence-corrected chi connectivity index (χ2v) is 4.70. The van der Waals surface area contributed by atoms with Gasteiger partial charge in [0.15, 0.2) is 0 Å². The Kier molecular flexibility index (Phi) is 3.82. The first-order chi connectivity index (χ1) is 8.74. The molecule has 2 aromatic rings. The zero-order valence-corrected chi connectivity index (χ0v) is 11.1. The Balaban J connectivity index is 2.42. The zero-order valence-electron chi connectivity index (χ0n) is 11.1. The molecule has 3 N–H and O–H groups in total. The lowest BCUT2D eigenvalue weighted by Gasteiger charge is -2.32. The number of rotatable bonds is 5. The Labute approximate surface area is 108 Å². The molecule has 0 saturated carbocycles. The molecule has 1 heterocycles. The molecule has 0 fully saturated rings. The minimum absolute atomic E-state index is 0.0584. The van der Waals surface area contributed by atoms with Gasteiger partial charge in [-0.3, -0.25) is 0 Å². The van der Waals surface area contributed by atoms with Gasteiger partial charge in [-0.15, -0.1) is 0 Å². The summed E-state index contributed by atoms with van der Waals surface area (Å²) in [5, 5.41) is 5.90. The van der Waals surface area contributed by atoms with Crippen LogP contribution in [0.2, 0.25) is 0 Å². The van der Waals surface area contributed by atoms with Gasteiger partial charge in [0, 0.05) is 18.1 Å². The molecule has 2 rings (SSSR count). The van der Waals surface area contributed by atoms with Crippen molar-refractivity contribution in [1.29, 1.82) is 0 Å². The van der Waals surface area contributed by atoms with Crippen molar-refractivity contribution < 1.29 is 0 Å². The smallest absolute Gasteiger partial charge is 0.134 e. The van der Waals surface area contributed by atoms with Crippen molar-refractivity contribution in [2.24, 2.45) is 5.73 Å². The molecule has 0 saturated heterocycles. The van der Waals surface area contributed by atoms with Gasteiger partial charge in [-0.25, -0.2) is 4.98 Å². The highest BCUT2D eigenvalue weighted by Crippen LogP contribution is 2.26. The van der Waals surface area contributed by atoms with E-state index in [0.717, 1.165) is 24.0 Å². The molecule has 3 nitrogen and oxygen atoms in total. The van der Waals surface area contributed by atoms with Crippen molar-refractivity contribution in [3.8, 4) is 0 Å². The number of anilines is 1. The molecule has 18 heavy (non-hydrogen) atoms. The number of aromatic nitrogens is 1. The summed E-state index contributed by atoms with van der Waals surface area (Å²) in [4.78, 5) is 4.47. The van der Waals surface area contributed by atoms with Gasteiger partial charge in [0.1, 0.15) is 5.82 Å². The molecule has 0 aliphatic carbocycles. The van der Waals surface area contributed by atoms with Gasteiger partial charge in [0.2, 0.25) is 0 Å². The lowest BCUT2D eigenvalue weighted by atomic mass is 9.92. The van der Waals surface area contributed by atoms with Gasteiger partial charge in [0.25, 0.3) is 0 Å². The first-order valence-electron chi connectivity index (χ1n) is 6.56. The van der Waals surface area contributed by atoms with E-state index in [1.165, 1.54) is 5.39 Å². The van der Waals surface area contributed by atoms with Gasteiger partial charge in [-0.1, -0.05) is 38.1 Å². The monoisotopic (exact) mass is 243 g/mol. The second-order valence-electron chi connectivity index (χ2n) is 4.70. The summed E-state index contributed by atoms with van der Waals surface area (Å²) in [5.74, 6) is 0.933. The fourth-order valence-corrected chi connectivity index (χ4v) is 2.24. The van der Waals surface area contributed by atoms with Crippen LogP contribution < -0.4 is 11.1 Å². The summed E-state index contributed by atoms with van der Waals surface area (Å²) in [6.07, 6.45) is 3.83. The summed E-state index contributed by atoms with van der Waals surface area (Å²) < 4.78 is 0. The third-order valence-corrected chi connectivity index (χ3v) is 3.80. The van der Waals surface area contributed by atoms with Crippen LogP contribution in [0.25, 0.3) is 10.8 Å². The van der Waals surface area contributed by atoms with E-state index >= 15 is 0 Å². The highest BCUT2D eigenvalue weighted by Gasteiger charge is 2.24. The average Bonchev–Trinajstić information content (AvgIpc) is 2.45. The van der Waals surface area contributed by atoms with E-state index in [4.69, 9.17) is 5.73 Å². The largest absolute Gasteiger partial charge is 0.363 e. The SMILES string of the molecule is CCC(CC)(CN)Nc1nccc2ccccc12. The Morgan fingerprint density at radius 2 is 1.89 bits per heavy atom. The predicted molar refractivity (Wildman–Crippen MR) is 77.7 cm³/mol. The van der Waals surface area contributed by atoms with Gasteiger partial charge < -0.3 is 11.1 Å². The van der Waals surface area contributed by atoms with Crippen molar-refractivity contribution in [3.63, 3.8) is 0 Å². The van der Waals surface area contributed by atoms with E-state index in [9.17, 15) is 0 Å². The van der Waals surface area contributed by atoms with E-state index in [2.05, 4.69) is 36.3 Å². The van der Waals surface area contributed by atoms with Crippen LogP contribution in [0.4, 0.5) is 5.82 Å². The number of nitrogens with zero attached hydrogens (tertiary/aromatic N) is 1. The van der Waals surface area contributed by atoms with Gasteiger partial charge in [0.05, 0.1) is 5.54 Å². The number of nitrogens with two attached hydrogens (primary N) is 1. The van der Waals surface area contributed by atoms with Crippen molar-refractivity contribution in [2.45, 2.75) is 32.2 Å². The molecule has 0 aliphatic rings. The molecule has 1 aromatic carbocycles. The van der Waals surface area contributed by atoms with Gasteiger partial charge in [-0.2, -0.15) is 0 Å². The Morgan fingerprint density at radius 3 is 2.56 bits per heavy atom. The van der Waals surface area contributed by atoms with Gasteiger partial charge >= 0.3 is 0 Å². The van der Waals surface area contributed by atoms with Crippen molar-refractivity contribution in [2.75, 3.05) is 11.9 Å². The van der Waals surface area contributed by atoms with Crippen LogP contribution in [0, 0.1) is 0 Å². The zero-order chi connectivity index (χ0) is 13.0. The van der Waals surface area contributed by atoms with Crippen LogP contribution in [0.5, 0.6) is 0 Å². The minimum Gasteiger partial charge on any atom is -0.363 e. The number of benzene rings is 1. The third-order valence-electron chi connectivity index (χ3n) is 3.80. The summed E-state index contributed by atoms with van der Waals surface area (Å²) in [7, 11) is 0. The highest BCUT2D eigenvalue weighted by atomic mass is 15.1. The molecule has 0 amide bonds. The van der Waals surface area contributed by atoms with E-state index in [1.807, 2.05) is 24.4 Å². The maximum atomic E-state index is 5.93. The van der Waals surface area contributed by atoms with Crippen molar-refractivity contribution >= 4 is 16.6 Å². The average molecular weight is 243 g/mol. The van der Waals surface area contributed by atoms with E-state index < -0.39 is 0 Å². The quantitative estimate of drug-likeness (QED) is 0.848. The van der Waals surface area contributed by atoms with Crippen LogP contribution in [-0.4, -0.2) is 17.1 Å². The summed E-state index contributed by atoms with van der Waals surface area (Å²) in [6, 6.07) is 10.3. The fraction of sp³-hybridized carbons (Fsp3) is 0.400. The highest BCUT2D eigenvalue weighted by molar-refractivity contribution is 5.91. The normalized spacial score (nSPS) is 11.7. The van der Waals surface area contributed by atoms with E-state index in [1.54, 1.807) is 0 Å². The summed E-state index contributed by atoms with van der Waals surface area (Å²) in [5.41, 5.74) is 5.87. The third kappa shape index (κ3) is 2.31. The molecule has 0 unspecified atom stereocenters. The molecule has 1 aromatic heterocycles. The number of fused-ring (bicyclic) bond motifs is 1. The first kappa shape index (κ1) is 12.8. The van der Waals surface area contributed by atoms with Gasteiger partial charge in [-0.05, 0) is 24.3 Å². The Morgan fingerprint density at radius 1 is 1.17 bits per heavy atom. The molecule has 0 bridgehead atoms. The molecule has 96 valence electrons. The maximum absolute atomic E-state index is 5.93. The molecular weight excluding hydrogens is 222 g/mol. The number of nitrogens with one attached hydrogen (secondary N) is 1. The molecule has 0 spiro atoms. The molecule has 0 aliphatic heterocycles. The minimum atomic E-state index is -0.0584. The second kappa shape index (κ2) is 5.36. The lowest BCUT2D eigenvalue weighted by Crippen LogP contribution is -2.44.